The van der Waals surface area contributed by atoms with Gasteiger partial charge in [-0.15, -0.1) is 0 Å². The number of nitrogens with one attached hydrogen (secondary N) is 2. The number of methoxy groups -OCH3 is 1. The maximum atomic E-state index is 12.2. The van der Waals surface area contributed by atoms with Crippen LogP contribution in [0.3, 0.4) is 0 Å². The Morgan fingerprint density at radius 1 is 1.48 bits per heavy atom. The fraction of sp³-hybridized carbons (Fsp3) is 0.462. The van der Waals surface area contributed by atoms with Crippen LogP contribution in [0, 0.1) is 5.92 Å². The fourth-order valence-corrected chi connectivity index (χ4v) is 2.81. The van der Waals surface area contributed by atoms with Gasteiger partial charge in [-0.05, 0) is 37.6 Å². The lowest BCUT2D eigenvalue weighted by molar-refractivity contribution is -0.120. The lowest BCUT2D eigenvalue weighted by Gasteiger charge is -2.22. The van der Waals surface area contributed by atoms with Gasteiger partial charge in [0.15, 0.2) is 0 Å². The van der Waals surface area contributed by atoms with Crippen LogP contribution in [0.2, 0.25) is 0 Å². The molecule has 0 aliphatic carbocycles. The van der Waals surface area contributed by atoms with Gasteiger partial charge in [0, 0.05) is 6.54 Å². The van der Waals surface area contributed by atoms with E-state index >= 15 is 0 Å². The van der Waals surface area contributed by atoms with E-state index in [2.05, 4.69) is 10.6 Å². The van der Waals surface area contributed by atoms with E-state index in [9.17, 15) is 13.2 Å². The van der Waals surface area contributed by atoms with E-state index in [0.717, 1.165) is 19.4 Å². The molecule has 1 atom stereocenters. The number of sulfonamides is 1. The van der Waals surface area contributed by atoms with Crippen molar-refractivity contribution in [1.29, 1.82) is 0 Å². The van der Waals surface area contributed by atoms with Crippen LogP contribution in [0.1, 0.15) is 12.8 Å². The highest BCUT2D eigenvalue weighted by Crippen LogP contribution is 2.28. The average molecular weight is 313 g/mol. The molecule has 8 heteroatoms. The van der Waals surface area contributed by atoms with Gasteiger partial charge in [0.25, 0.3) is 0 Å². The Bertz CT molecular complexity index is 624. The van der Waals surface area contributed by atoms with Gasteiger partial charge < -0.3 is 15.4 Å². The molecule has 0 saturated carbocycles. The quantitative estimate of drug-likeness (QED) is 0.739. The number of piperidine rings is 1. The van der Waals surface area contributed by atoms with Crippen molar-refractivity contribution in [3.63, 3.8) is 0 Å². The molecule has 21 heavy (non-hydrogen) atoms. The summed E-state index contributed by atoms with van der Waals surface area (Å²) in [6.07, 6.45) is 1.74. The monoisotopic (exact) mass is 313 g/mol. The molecular weight excluding hydrogens is 294 g/mol. The smallest absolute Gasteiger partial charge is 0.238 e. The maximum Gasteiger partial charge on any atom is 0.238 e. The predicted octanol–water partition coefficient (Wildman–Crippen LogP) is 0.281. The standard InChI is InChI=1S/C13H19N3O4S/c1-20-12-5-4-10(21(14,18)19)7-11(12)16-13(17)9-3-2-6-15-8-9/h4-5,7,9,15H,2-3,6,8H2,1H3,(H,16,17)(H2,14,18,19)/t9-/m1/s1. The van der Waals surface area contributed by atoms with Crippen LogP contribution in [0.25, 0.3) is 0 Å². The molecular formula is C13H19N3O4S. The fourth-order valence-electron chi connectivity index (χ4n) is 2.27. The molecule has 7 nitrogen and oxygen atoms in total. The number of carbonyl (C=O) groups is 1. The van der Waals surface area contributed by atoms with Gasteiger partial charge in [-0.1, -0.05) is 0 Å². The number of primary sulfonamides is 1. The molecule has 4 N–H and O–H groups in total. The Morgan fingerprint density at radius 3 is 2.81 bits per heavy atom. The average Bonchev–Trinajstić information content (AvgIpc) is 2.47. The highest BCUT2D eigenvalue weighted by molar-refractivity contribution is 7.89. The van der Waals surface area contributed by atoms with Crippen molar-refractivity contribution in [2.75, 3.05) is 25.5 Å². The Kier molecular flexibility index (Phi) is 4.81. The first kappa shape index (κ1) is 15.7. The third-order valence-electron chi connectivity index (χ3n) is 3.43. The van der Waals surface area contributed by atoms with Gasteiger partial charge in [0.2, 0.25) is 15.9 Å². The largest absolute Gasteiger partial charge is 0.495 e. The molecule has 1 aliphatic heterocycles. The number of benzene rings is 1. The summed E-state index contributed by atoms with van der Waals surface area (Å²) in [5, 5.41) is 11.0. The minimum atomic E-state index is -3.83. The number of hydrogen-bond donors (Lipinski definition) is 3. The third kappa shape index (κ3) is 3.93. The van der Waals surface area contributed by atoms with Crippen molar-refractivity contribution in [3.05, 3.63) is 18.2 Å². The van der Waals surface area contributed by atoms with Crippen molar-refractivity contribution in [2.24, 2.45) is 11.1 Å². The molecule has 116 valence electrons. The minimum Gasteiger partial charge on any atom is -0.495 e. The number of anilines is 1. The predicted molar refractivity (Wildman–Crippen MR) is 78.6 cm³/mol. The van der Waals surface area contributed by atoms with Crippen molar-refractivity contribution in [1.82, 2.24) is 5.32 Å². The Morgan fingerprint density at radius 2 is 2.24 bits per heavy atom. The Hall–Kier alpha value is -1.64. The summed E-state index contributed by atoms with van der Waals surface area (Å²) in [4.78, 5) is 12.1. The van der Waals surface area contributed by atoms with E-state index in [1.165, 1.54) is 25.3 Å². The van der Waals surface area contributed by atoms with Crippen LogP contribution in [-0.4, -0.2) is 34.5 Å². The highest BCUT2D eigenvalue weighted by atomic mass is 32.2. The molecule has 1 amide bonds. The normalized spacial score (nSPS) is 19.0. The molecule has 1 heterocycles. The van der Waals surface area contributed by atoms with Crippen LogP contribution < -0.4 is 20.5 Å². The second-order valence-electron chi connectivity index (χ2n) is 4.94. The second kappa shape index (κ2) is 6.42. The van der Waals surface area contributed by atoms with Gasteiger partial charge in [-0.25, -0.2) is 13.6 Å². The summed E-state index contributed by atoms with van der Waals surface area (Å²) < 4.78 is 27.9. The van der Waals surface area contributed by atoms with E-state index < -0.39 is 10.0 Å². The van der Waals surface area contributed by atoms with Crippen LogP contribution >= 0.6 is 0 Å². The second-order valence-corrected chi connectivity index (χ2v) is 6.50. The first-order chi connectivity index (χ1) is 9.91. The van der Waals surface area contributed by atoms with Crippen LogP contribution in [0.15, 0.2) is 23.1 Å². The van der Waals surface area contributed by atoms with Crippen molar-refractivity contribution < 1.29 is 17.9 Å². The first-order valence-corrected chi connectivity index (χ1v) is 8.19. The molecule has 1 fully saturated rings. The molecule has 0 spiro atoms. The molecule has 1 aromatic rings. The lowest BCUT2D eigenvalue weighted by atomic mass is 9.99. The number of nitrogens with two attached hydrogens (primary N) is 1. The number of amides is 1. The number of rotatable bonds is 4. The van der Waals surface area contributed by atoms with Crippen LogP contribution in [-0.2, 0) is 14.8 Å². The van der Waals surface area contributed by atoms with Crippen LogP contribution in [0.5, 0.6) is 5.75 Å². The molecule has 0 unspecified atom stereocenters. The Labute approximate surface area is 123 Å². The first-order valence-electron chi connectivity index (χ1n) is 6.64. The summed E-state index contributed by atoms with van der Waals surface area (Å²) in [5.74, 6) is 0.0909. The number of hydrogen-bond acceptors (Lipinski definition) is 5. The van der Waals surface area contributed by atoms with E-state index in [4.69, 9.17) is 9.88 Å². The molecule has 1 saturated heterocycles. The molecule has 0 radical (unpaired) electrons. The van der Waals surface area contributed by atoms with Gasteiger partial charge in [-0.3, -0.25) is 4.79 Å². The zero-order valence-electron chi connectivity index (χ0n) is 11.8. The topological polar surface area (TPSA) is 111 Å². The summed E-state index contributed by atoms with van der Waals surface area (Å²) >= 11 is 0. The highest BCUT2D eigenvalue weighted by Gasteiger charge is 2.22. The van der Waals surface area contributed by atoms with Gasteiger partial charge in [-0.2, -0.15) is 0 Å². The molecule has 1 aromatic carbocycles. The SMILES string of the molecule is COc1ccc(S(N)(=O)=O)cc1NC(=O)[C@@H]1CCCNC1. The molecule has 0 bridgehead atoms. The van der Waals surface area contributed by atoms with E-state index in [-0.39, 0.29) is 16.7 Å². The van der Waals surface area contributed by atoms with E-state index in [1.54, 1.807) is 0 Å². The van der Waals surface area contributed by atoms with Crippen molar-refractivity contribution in [3.8, 4) is 5.75 Å². The molecule has 1 aliphatic rings. The lowest BCUT2D eigenvalue weighted by Crippen LogP contribution is -2.37. The molecule has 2 rings (SSSR count). The zero-order valence-corrected chi connectivity index (χ0v) is 12.6. The van der Waals surface area contributed by atoms with E-state index in [0.29, 0.717) is 18.0 Å². The van der Waals surface area contributed by atoms with Crippen molar-refractivity contribution >= 4 is 21.6 Å². The van der Waals surface area contributed by atoms with Crippen molar-refractivity contribution in [2.45, 2.75) is 17.7 Å². The number of ether oxygens (including phenoxy) is 1. The number of carbonyl (C=O) groups excluding carboxylic acids is 1. The van der Waals surface area contributed by atoms with Crippen LogP contribution in [0.4, 0.5) is 5.69 Å². The zero-order chi connectivity index (χ0) is 15.5. The summed E-state index contributed by atoms with van der Waals surface area (Å²) in [7, 11) is -2.38. The minimum absolute atomic E-state index is 0.0691. The van der Waals surface area contributed by atoms with E-state index in [1.807, 2.05) is 0 Å². The van der Waals surface area contributed by atoms with Gasteiger partial charge in [0.1, 0.15) is 5.75 Å². The molecule has 0 aromatic heterocycles. The van der Waals surface area contributed by atoms with Gasteiger partial charge in [0.05, 0.1) is 23.6 Å². The Balaban J connectivity index is 2.22. The third-order valence-corrected chi connectivity index (χ3v) is 4.34. The summed E-state index contributed by atoms with van der Waals surface area (Å²) in [6.45, 7) is 1.52. The maximum absolute atomic E-state index is 12.2. The summed E-state index contributed by atoms with van der Waals surface area (Å²) in [6, 6.07) is 4.11. The summed E-state index contributed by atoms with van der Waals surface area (Å²) in [5.41, 5.74) is 0.305. The van der Waals surface area contributed by atoms with Gasteiger partial charge >= 0.3 is 0 Å².